The molecule has 27 heavy (non-hydrogen) atoms. The minimum atomic E-state index is -5.39. The van der Waals surface area contributed by atoms with Gasteiger partial charge in [-0.25, -0.2) is 0 Å². The minimum absolute atomic E-state index is 0. The maximum Gasteiger partial charge on any atom is 2.00 e. The minimum Gasteiger partial charge on any atom is -0.822 e. The average molecular weight is 475 g/mol. The molecule has 0 aromatic heterocycles. The normalized spacial score (nSPS) is 8.44. The summed E-state index contributed by atoms with van der Waals surface area (Å²) in [6.07, 6.45) is 5.74. The Morgan fingerprint density at radius 3 is 1.52 bits per heavy atom. The maximum atomic E-state index is 10.1. The van der Waals surface area contributed by atoms with Crippen molar-refractivity contribution in [1.29, 1.82) is 0 Å². The van der Waals surface area contributed by atoms with Crippen LogP contribution in [0.25, 0.3) is 0 Å². The second-order valence-electron chi connectivity index (χ2n) is 3.30. The van der Waals surface area contributed by atoms with Crippen molar-refractivity contribution in [3.8, 4) is 0 Å². The predicted octanol–water partition coefficient (Wildman–Crippen LogP) is -15.3. The number of aliphatic carboxylic acids is 1. The molecule has 0 saturated heterocycles. The molecule has 0 aliphatic rings. The third kappa shape index (κ3) is 53.2. The number of hydrogen-bond donors (Lipinski definition) is 0. The van der Waals surface area contributed by atoms with E-state index in [0.717, 1.165) is 6.08 Å². The summed E-state index contributed by atoms with van der Waals surface area (Å²) in [5, 5.41) is 19.7. The summed E-state index contributed by atoms with van der Waals surface area (Å²) in [6.45, 7) is 1.81. The summed E-state index contributed by atoms with van der Waals surface area (Å²) >= 11 is 0. The number of phosphoric acid groups is 1. The van der Waals surface area contributed by atoms with Crippen molar-refractivity contribution < 1.29 is 179 Å². The van der Waals surface area contributed by atoms with E-state index in [2.05, 4.69) is 0 Å². The molecule has 0 spiro atoms. The first kappa shape index (κ1) is 48.2. The van der Waals surface area contributed by atoms with E-state index in [1.54, 1.807) is 37.3 Å². The van der Waals surface area contributed by atoms with Crippen molar-refractivity contribution in [1.82, 2.24) is 0 Å². The Morgan fingerprint density at radius 1 is 0.926 bits per heavy atom. The SMILES string of the molecule is C/C=C/C=C/C(=O)[O-].O=C([O-])c1ccccc1.O=P([O-])([O-])[O-].[Ca+2].[K+].[Na+].[Na+].[Na+]. The smallest absolute Gasteiger partial charge is 0.822 e. The molecule has 0 atom stereocenters. The van der Waals surface area contributed by atoms with Gasteiger partial charge in [0.25, 0.3) is 0 Å². The summed E-state index contributed by atoms with van der Waals surface area (Å²) < 4.78 is 8.55. The summed E-state index contributed by atoms with van der Waals surface area (Å²) in [5.41, 5.74) is 0.220. The van der Waals surface area contributed by atoms with Gasteiger partial charge >= 0.3 is 178 Å². The van der Waals surface area contributed by atoms with Gasteiger partial charge in [-0.15, -0.1) is 0 Å². The van der Waals surface area contributed by atoms with Crippen molar-refractivity contribution in [2.45, 2.75) is 6.92 Å². The van der Waals surface area contributed by atoms with Crippen molar-refractivity contribution in [3.05, 3.63) is 60.2 Å². The number of carbonyl (C=O) groups is 2. The van der Waals surface area contributed by atoms with Gasteiger partial charge in [-0.05, 0) is 18.6 Å². The molecule has 0 N–H and O–H groups in total. The molecule has 0 amide bonds. The molecule has 0 unspecified atom stereocenters. The Labute approximate surface area is 297 Å². The third-order valence-corrected chi connectivity index (χ3v) is 1.55. The molecule has 8 nitrogen and oxygen atoms in total. The number of carboxylic acids is 2. The van der Waals surface area contributed by atoms with Crippen LogP contribution >= 0.6 is 7.82 Å². The van der Waals surface area contributed by atoms with Crippen LogP contribution in [0.15, 0.2) is 54.6 Å². The summed E-state index contributed by atoms with van der Waals surface area (Å²) in [4.78, 5) is 45.4. The summed E-state index contributed by atoms with van der Waals surface area (Å²) in [6, 6.07) is 8.06. The molecule has 0 bridgehead atoms. The zero-order valence-electron chi connectivity index (χ0n) is 16.1. The second-order valence-corrected chi connectivity index (χ2v) is 4.20. The first-order chi connectivity index (χ1) is 10.1. The van der Waals surface area contributed by atoms with Gasteiger partial charge in [-0.2, -0.15) is 7.82 Å². The van der Waals surface area contributed by atoms with Gasteiger partial charge in [0.2, 0.25) is 0 Å². The summed E-state index contributed by atoms with van der Waals surface area (Å²) in [7, 11) is -5.39. The molecule has 0 aliphatic carbocycles. The van der Waals surface area contributed by atoms with Crippen LogP contribution in [0, 0.1) is 0 Å². The van der Waals surface area contributed by atoms with Crippen LogP contribution < -0.4 is 165 Å². The molecule has 0 radical (unpaired) electrons. The number of carbonyl (C=O) groups excluding carboxylic acids is 2. The molecular weight excluding hydrogens is 463 g/mol. The van der Waals surface area contributed by atoms with Gasteiger partial charge in [-0.1, -0.05) is 48.6 Å². The second kappa shape index (κ2) is 31.8. The number of benzene rings is 1. The molecule has 1 rings (SSSR count). The fourth-order valence-electron chi connectivity index (χ4n) is 0.819. The third-order valence-electron chi connectivity index (χ3n) is 1.55. The molecule has 0 fully saturated rings. The van der Waals surface area contributed by atoms with Crippen LogP contribution in [-0.2, 0) is 9.36 Å². The number of carboxylic acid groups (broad SMARTS) is 2. The van der Waals surface area contributed by atoms with Gasteiger partial charge in [0.05, 0.1) is 11.9 Å². The van der Waals surface area contributed by atoms with Gasteiger partial charge in [0.1, 0.15) is 0 Å². The van der Waals surface area contributed by atoms with Crippen molar-refractivity contribution in [2.24, 2.45) is 0 Å². The Hall–Kier alpha value is 3.65. The number of aromatic carboxylic acids is 1. The van der Waals surface area contributed by atoms with E-state index in [1.807, 2.05) is 0 Å². The largest absolute Gasteiger partial charge is 2.00 e. The predicted molar refractivity (Wildman–Crippen MR) is 73.1 cm³/mol. The Bertz CT molecular complexity index is 562. The topological polar surface area (TPSA) is 167 Å². The Kier molecular flexibility index (Phi) is 56.8. The Morgan fingerprint density at radius 2 is 1.30 bits per heavy atom. The van der Waals surface area contributed by atoms with Crippen LogP contribution in [0.4, 0.5) is 0 Å². The maximum absolute atomic E-state index is 10.1. The van der Waals surface area contributed by atoms with E-state index < -0.39 is 19.8 Å². The van der Waals surface area contributed by atoms with Crippen LogP contribution in [0.5, 0.6) is 0 Å². The van der Waals surface area contributed by atoms with Crippen LogP contribution in [0.2, 0.25) is 0 Å². The number of hydrogen-bond acceptors (Lipinski definition) is 8. The van der Waals surface area contributed by atoms with Crippen molar-refractivity contribution in [2.75, 3.05) is 0 Å². The monoisotopic (exact) mass is 475 g/mol. The van der Waals surface area contributed by atoms with E-state index in [0.29, 0.717) is 0 Å². The standard InChI is InChI=1S/C7H6O2.C6H8O2.Ca.K.3Na.H3O4P/c8-7(9)6-4-2-1-3-5-6;1-2-3-4-5-6(7)8;;;;;;1-5(2,3)4/h1-5H,(H,8,9);2-5H,1H3,(H,7,8);;;;;;(H3,1,2,3,4)/q;;+2;4*+1;/p-5/b;3-2+,5-4+;;;;;;. The van der Waals surface area contributed by atoms with E-state index in [4.69, 9.17) is 19.2 Å². The first-order valence-corrected chi connectivity index (χ1v) is 7.03. The van der Waals surface area contributed by atoms with Crippen LogP contribution in [0.3, 0.4) is 0 Å². The molecule has 14 heteroatoms. The molecule has 0 saturated carbocycles. The van der Waals surface area contributed by atoms with E-state index in [-0.39, 0.29) is 183 Å². The van der Waals surface area contributed by atoms with E-state index in [1.165, 1.54) is 18.2 Å². The Balaban J connectivity index is -0.0000000420. The fourth-order valence-corrected chi connectivity index (χ4v) is 0.819. The molecule has 122 valence electrons. The van der Waals surface area contributed by atoms with Crippen LogP contribution in [0.1, 0.15) is 17.3 Å². The molecular formula is C13H12CaKNa3O8P+. The summed E-state index contributed by atoms with van der Waals surface area (Å²) in [5.74, 6) is -2.29. The van der Waals surface area contributed by atoms with Gasteiger partial charge in [0, 0.05) is 0 Å². The quantitative estimate of drug-likeness (QED) is 0.180. The molecule has 1 aromatic rings. The first-order valence-electron chi connectivity index (χ1n) is 5.57. The zero-order valence-corrected chi connectivity index (χ0v) is 28.3. The molecule has 1 aromatic carbocycles. The average Bonchev–Trinajstić information content (AvgIpc) is 2.38. The molecule has 0 aliphatic heterocycles. The van der Waals surface area contributed by atoms with Crippen LogP contribution in [-0.4, -0.2) is 49.7 Å². The number of rotatable bonds is 3. The van der Waals surface area contributed by atoms with Crippen molar-refractivity contribution >= 4 is 57.5 Å². The zero-order chi connectivity index (χ0) is 17.6. The van der Waals surface area contributed by atoms with Gasteiger partial charge in [0.15, 0.2) is 0 Å². The van der Waals surface area contributed by atoms with Crippen molar-refractivity contribution in [3.63, 3.8) is 0 Å². The van der Waals surface area contributed by atoms with Gasteiger partial charge in [-0.3, -0.25) is 0 Å². The van der Waals surface area contributed by atoms with E-state index in [9.17, 15) is 19.8 Å². The van der Waals surface area contributed by atoms with E-state index >= 15 is 0 Å². The fraction of sp³-hybridized carbons (Fsp3) is 0.0769. The van der Waals surface area contributed by atoms with Gasteiger partial charge < -0.3 is 39.0 Å². The number of allylic oxidation sites excluding steroid dienone is 3. The molecule has 0 heterocycles.